The smallest absolute Gasteiger partial charge is 0.286 e. The average molecular weight is 369 g/mol. The van der Waals surface area contributed by atoms with Crippen LogP contribution in [0.4, 0.5) is 0 Å². The maximum atomic E-state index is 11.8. The quantitative estimate of drug-likeness (QED) is 0.657. The molecule has 0 bridgehead atoms. The first-order valence-corrected chi connectivity index (χ1v) is 7.83. The first-order valence-electron chi connectivity index (χ1n) is 6.26. The second kappa shape index (κ2) is 7.55. The molecule has 1 N–H and O–H groups in total. The average Bonchev–Trinajstić information content (AvgIpc) is 2.77. The van der Waals surface area contributed by atoms with Gasteiger partial charge in [-0.15, -0.1) is 6.42 Å². The summed E-state index contributed by atoms with van der Waals surface area (Å²) in [6.45, 7) is 1.38. The summed E-state index contributed by atoms with van der Waals surface area (Å²) in [6, 6.07) is 3.19. The van der Waals surface area contributed by atoms with Crippen molar-refractivity contribution in [3.05, 3.63) is 32.6 Å². The van der Waals surface area contributed by atoms with Crippen LogP contribution < -0.4 is 10.1 Å². The number of rotatable bonds is 3. The number of carbonyl (C=O) groups excluding carboxylic acids is 2. The van der Waals surface area contributed by atoms with Crippen LogP contribution in [0.15, 0.2) is 22.0 Å². The molecular formula is C15H10Cl2N2O3S. The van der Waals surface area contributed by atoms with Crippen molar-refractivity contribution in [2.45, 2.75) is 6.92 Å². The van der Waals surface area contributed by atoms with Crippen LogP contribution in [0.5, 0.6) is 5.75 Å². The number of thioether (sulfide) groups is 1. The second-order valence-corrected chi connectivity index (χ2v) is 6.17. The molecule has 0 aliphatic carbocycles. The molecule has 2 amide bonds. The number of hydrogen-bond acceptors (Lipinski definition) is 4. The lowest BCUT2D eigenvalue weighted by Crippen LogP contribution is -2.23. The van der Waals surface area contributed by atoms with E-state index < -0.39 is 5.91 Å². The summed E-state index contributed by atoms with van der Waals surface area (Å²) >= 11 is 13.3. The normalized spacial score (nSPS) is 15.3. The summed E-state index contributed by atoms with van der Waals surface area (Å²) in [6.07, 6.45) is 6.70. The van der Waals surface area contributed by atoms with E-state index in [-0.39, 0.29) is 33.5 Å². The number of nitrogens with zero attached hydrogens (tertiary/aromatic N) is 1. The highest BCUT2D eigenvalue weighted by Crippen LogP contribution is 2.36. The van der Waals surface area contributed by atoms with Crippen molar-refractivity contribution in [2.75, 3.05) is 6.61 Å². The minimum atomic E-state index is -0.446. The largest absolute Gasteiger partial charge is 0.478 e. The van der Waals surface area contributed by atoms with E-state index in [1.54, 1.807) is 18.2 Å². The fourth-order valence-electron chi connectivity index (χ4n) is 1.68. The third-order valence-electron chi connectivity index (χ3n) is 2.52. The summed E-state index contributed by atoms with van der Waals surface area (Å²) in [5, 5.41) is 3.25. The van der Waals surface area contributed by atoms with Gasteiger partial charge >= 0.3 is 0 Å². The Labute approximate surface area is 147 Å². The Morgan fingerprint density at radius 3 is 2.70 bits per heavy atom. The fraction of sp³-hybridized carbons (Fsp3) is 0.133. The number of benzene rings is 1. The highest BCUT2D eigenvalue weighted by molar-refractivity contribution is 8.18. The van der Waals surface area contributed by atoms with Crippen molar-refractivity contribution in [2.24, 2.45) is 4.99 Å². The van der Waals surface area contributed by atoms with E-state index >= 15 is 0 Å². The van der Waals surface area contributed by atoms with Crippen molar-refractivity contribution < 1.29 is 14.3 Å². The molecule has 8 heteroatoms. The van der Waals surface area contributed by atoms with E-state index in [1.165, 1.54) is 6.92 Å². The molecule has 0 saturated carbocycles. The maximum Gasteiger partial charge on any atom is 0.286 e. The Hall–Kier alpha value is -1.94. The van der Waals surface area contributed by atoms with Gasteiger partial charge in [0.05, 0.1) is 15.0 Å². The molecule has 0 radical (unpaired) electrons. The number of terminal acetylenes is 1. The van der Waals surface area contributed by atoms with E-state index in [2.05, 4.69) is 16.2 Å². The summed E-state index contributed by atoms with van der Waals surface area (Å²) < 4.78 is 5.26. The van der Waals surface area contributed by atoms with Crippen molar-refractivity contribution in [3.8, 4) is 18.1 Å². The van der Waals surface area contributed by atoms with Gasteiger partial charge in [0.2, 0.25) is 5.91 Å². The Bertz CT molecular complexity index is 758. The van der Waals surface area contributed by atoms with E-state index in [4.69, 9.17) is 34.4 Å². The Morgan fingerprint density at radius 2 is 2.13 bits per heavy atom. The number of amidine groups is 1. The Kier molecular flexibility index (Phi) is 5.72. The highest BCUT2D eigenvalue weighted by atomic mass is 35.5. The summed E-state index contributed by atoms with van der Waals surface area (Å²) in [4.78, 5) is 26.9. The molecule has 0 aromatic heterocycles. The molecule has 0 spiro atoms. The molecule has 0 unspecified atom stereocenters. The van der Waals surface area contributed by atoms with Crippen molar-refractivity contribution >= 4 is 58.0 Å². The van der Waals surface area contributed by atoms with Gasteiger partial charge in [0.1, 0.15) is 6.61 Å². The summed E-state index contributed by atoms with van der Waals surface area (Å²) in [7, 11) is 0. The summed E-state index contributed by atoms with van der Waals surface area (Å²) in [5.41, 5.74) is 0.600. The van der Waals surface area contributed by atoms with E-state index in [0.29, 0.717) is 10.5 Å². The minimum absolute atomic E-state index is 0.0438. The Morgan fingerprint density at radius 1 is 1.48 bits per heavy atom. The fourth-order valence-corrected chi connectivity index (χ4v) is 3.15. The van der Waals surface area contributed by atoms with Crippen LogP contribution in [0.25, 0.3) is 6.08 Å². The number of hydrogen-bond donors (Lipinski definition) is 1. The molecule has 1 aliphatic rings. The summed E-state index contributed by atoms with van der Waals surface area (Å²) in [5.74, 6) is 1.86. The van der Waals surface area contributed by atoms with Gasteiger partial charge in [-0.3, -0.25) is 9.59 Å². The molecule has 0 fully saturated rings. The van der Waals surface area contributed by atoms with Gasteiger partial charge in [-0.2, -0.15) is 4.99 Å². The number of ether oxygens (including phenoxy) is 1. The standard InChI is InChI=1S/C15H10Cl2N2O3S/c1-3-4-22-13-10(16)5-9(6-11(13)17)7-12-14(21)19-15(23-12)18-8(2)20/h1,5-7H,4H2,2H3,(H,18,19,20,21). The molecular weight excluding hydrogens is 359 g/mol. The predicted molar refractivity (Wildman–Crippen MR) is 92.6 cm³/mol. The van der Waals surface area contributed by atoms with Crippen LogP contribution in [0, 0.1) is 12.3 Å². The first kappa shape index (κ1) is 17.4. The van der Waals surface area contributed by atoms with Crippen LogP contribution in [0.2, 0.25) is 10.0 Å². The maximum absolute atomic E-state index is 11.8. The molecule has 2 rings (SSSR count). The molecule has 23 heavy (non-hydrogen) atoms. The minimum Gasteiger partial charge on any atom is -0.478 e. The molecule has 118 valence electrons. The third kappa shape index (κ3) is 4.52. The topological polar surface area (TPSA) is 67.8 Å². The van der Waals surface area contributed by atoms with E-state index in [1.807, 2.05) is 0 Å². The zero-order valence-electron chi connectivity index (χ0n) is 11.9. The van der Waals surface area contributed by atoms with Crippen LogP contribution in [0.1, 0.15) is 12.5 Å². The monoisotopic (exact) mass is 368 g/mol. The van der Waals surface area contributed by atoms with Crippen LogP contribution in [-0.4, -0.2) is 23.6 Å². The van der Waals surface area contributed by atoms with Crippen molar-refractivity contribution in [1.82, 2.24) is 5.32 Å². The van der Waals surface area contributed by atoms with E-state index in [0.717, 1.165) is 11.8 Å². The molecule has 1 aromatic carbocycles. The van der Waals surface area contributed by atoms with Crippen molar-refractivity contribution in [3.63, 3.8) is 0 Å². The zero-order valence-corrected chi connectivity index (χ0v) is 14.2. The number of carbonyl (C=O) groups is 2. The van der Waals surface area contributed by atoms with Gasteiger partial charge < -0.3 is 10.1 Å². The predicted octanol–water partition coefficient (Wildman–Crippen LogP) is 3.11. The first-order chi connectivity index (χ1) is 10.9. The number of nitrogens with one attached hydrogen (secondary N) is 1. The molecule has 1 aliphatic heterocycles. The molecule has 5 nitrogen and oxygen atoms in total. The van der Waals surface area contributed by atoms with Crippen LogP contribution in [0.3, 0.4) is 0 Å². The molecule has 1 heterocycles. The van der Waals surface area contributed by atoms with Gasteiger partial charge in [-0.1, -0.05) is 29.1 Å². The lowest BCUT2D eigenvalue weighted by atomic mass is 10.2. The number of aliphatic imine (C=N–C) groups is 1. The molecule has 0 atom stereocenters. The van der Waals surface area contributed by atoms with Crippen LogP contribution >= 0.6 is 35.0 Å². The zero-order chi connectivity index (χ0) is 17.0. The number of halogens is 2. The molecule has 1 aromatic rings. The van der Waals surface area contributed by atoms with Crippen LogP contribution in [-0.2, 0) is 9.59 Å². The van der Waals surface area contributed by atoms with Gasteiger partial charge in [-0.25, -0.2) is 0 Å². The molecule has 0 saturated heterocycles. The number of amides is 2. The van der Waals surface area contributed by atoms with Gasteiger partial charge in [0, 0.05) is 6.92 Å². The lowest BCUT2D eigenvalue weighted by Gasteiger charge is -2.08. The van der Waals surface area contributed by atoms with Gasteiger partial charge in [0.15, 0.2) is 10.9 Å². The van der Waals surface area contributed by atoms with E-state index in [9.17, 15) is 9.59 Å². The second-order valence-electron chi connectivity index (χ2n) is 4.32. The lowest BCUT2D eigenvalue weighted by molar-refractivity contribution is -0.117. The highest BCUT2D eigenvalue weighted by Gasteiger charge is 2.22. The Balaban J connectivity index is 2.23. The van der Waals surface area contributed by atoms with Gasteiger partial charge in [-0.05, 0) is 35.5 Å². The van der Waals surface area contributed by atoms with Crippen molar-refractivity contribution in [1.29, 1.82) is 0 Å². The third-order valence-corrected chi connectivity index (χ3v) is 3.98. The SMILES string of the molecule is C#CCOc1c(Cl)cc(C=C2SC(NC(C)=O)=NC2=O)cc1Cl. The van der Waals surface area contributed by atoms with Gasteiger partial charge in [0.25, 0.3) is 5.91 Å².